The van der Waals surface area contributed by atoms with E-state index < -0.39 is 11.9 Å². The first kappa shape index (κ1) is 29.0. The summed E-state index contributed by atoms with van der Waals surface area (Å²) >= 11 is 0. The molecule has 0 atom stereocenters. The summed E-state index contributed by atoms with van der Waals surface area (Å²) in [4.78, 5) is 19.2. The third-order valence-electron chi connectivity index (χ3n) is 2.57. The van der Waals surface area contributed by atoms with Crippen molar-refractivity contribution >= 4 is 11.9 Å². The SMILES string of the molecule is C=C(C)C(=O)O.C=C(C)C(=O)O.CCCO.CCCc1cccc(O)c1O. The van der Waals surface area contributed by atoms with Gasteiger partial charge in [-0.2, -0.15) is 0 Å². The zero-order chi connectivity index (χ0) is 22.0. The molecule has 27 heavy (non-hydrogen) atoms. The van der Waals surface area contributed by atoms with Crippen LogP contribution in [-0.2, 0) is 16.0 Å². The molecule has 0 spiro atoms. The highest BCUT2D eigenvalue weighted by molar-refractivity contribution is 5.85. The van der Waals surface area contributed by atoms with Crippen molar-refractivity contribution < 1.29 is 35.1 Å². The smallest absolute Gasteiger partial charge is 0.330 e. The Morgan fingerprint density at radius 1 is 0.926 bits per heavy atom. The largest absolute Gasteiger partial charge is 0.504 e. The second kappa shape index (κ2) is 18.0. The van der Waals surface area contributed by atoms with E-state index in [0.717, 1.165) is 24.8 Å². The molecule has 0 unspecified atom stereocenters. The van der Waals surface area contributed by atoms with Crippen LogP contribution in [0.4, 0.5) is 0 Å². The Morgan fingerprint density at radius 3 is 1.56 bits per heavy atom. The lowest BCUT2D eigenvalue weighted by atomic mass is 10.1. The van der Waals surface area contributed by atoms with Crippen molar-refractivity contribution in [2.45, 2.75) is 47.0 Å². The van der Waals surface area contributed by atoms with Crippen LogP contribution in [0, 0.1) is 0 Å². The maximum Gasteiger partial charge on any atom is 0.330 e. The topological polar surface area (TPSA) is 135 Å². The summed E-state index contributed by atoms with van der Waals surface area (Å²) in [5, 5.41) is 42.0. The highest BCUT2D eigenvalue weighted by Crippen LogP contribution is 2.28. The summed E-state index contributed by atoms with van der Waals surface area (Å²) < 4.78 is 0. The van der Waals surface area contributed by atoms with Crippen LogP contribution in [-0.4, -0.2) is 44.1 Å². The van der Waals surface area contributed by atoms with Crippen LogP contribution in [0.15, 0.2) is 42.5 Å². The van der Waals surface area contributed by atoms with E-state index in [1.54, 1.807) is 6.07 Å². The van der Waals surface area contributed by atoms with Gasteiger partial charge in [0.25, 0.3) is 0 Å². The standard InChI is InChI=1S/C9H12O2.2C4H6O2.C3H8O/c1-2-4-7-5-3-6-8(10)9(7)11;2*1-3(2)4(5)6;1-2-3-4/h3,5-6,10-11H,2,4H2,1H3;2*1H2,2H3,(H,5,6);4H,2-3H2,1H3. The van der Waals surface area contributed by atoms with Gasteiger partial charge in [-0.15, -0.1) is 0 Å². The molecule has 5 N–H and O–H groups in total. The molecule has 1 aromatic carbocycles. The van der Waals surface area contributed by atoms with Gasteiger partial charge in [0.15, 0.2) is 11.5 Å². The number of aliphatic carboxylic acids is 2. The number of phenolic OH excluding ortho intramolecular Hbond substituents is 2. The van der Waals surface area contributed by atoms with E-state index in [1.807, 2.05) is 19.9 Å². The number of phenols is 2. The van der Waals surface area contributed by atoms with Gasteiger partial charge in [-0.3, -0.25) is 0 Å². The van der Waals surface area contributed by atoms with Crippen molar-refractivity contribution in [2.24, 2.45) is 0 Å². The molecular weight excluding hydrogens is 352 g/mol. The fourth-order valence-corrected chi connectivity index (χ4v) is 1.05. The number of hydrogen-bond acceptors (Lipinski definition) is 5. The lowest BCUT2D eigenvalue weighted by Crippen LogP contribution is -1.92. The Morgan fingerprint density at radius 2 is 1.30 bits per heavy atom. The Kier molecular flexibility index (Phi) is 19.3. The van der Waals surface area contributed by atoms with E-state index in [0.29, 0.717) is 6.61 Å². The van der Waals surface area contributed by atoms with Crippen LogP contribution >= 0.6 is 0 Å². The van der Waals surface area contributed by atoms with E-state index in [2.05, 4.69) is 13.2 Å². The van der Waals surface area contributed by atoms with E-state index in [4.69, 9.17) is 20.4 Å². The van der Waals surface area contributed by atoms with E-state index in [9.17, 15) is 14.7 Å². The molecule has 0 fully saturated rings. The van der Waals surface area contributed by atoms with Crippen LogP contribution in [0.5, 0.6) is 11.5 Å². The minimum absolute atomic E-state index is 0.0225. The lowest BCUT2D eigenvalue weighted by molar-refractivity contribution is -0.133. The summed E-state index contributed by atoms with van der Waals surface area (Å²) in [6.07, 6.45) is 2.65. The second-order valence-electron chi connectivity index (χ2n) is 5.43. The van der Waals surface area contributed by atoms with Crippen molar-refractivity contribution in [3.8, 4) is 11.5 Å². The third kappa shape index (κ3) is 19.4. The van der Waals surface area contributed by atoms with Crippen molar-refractivity contribution in [3.63, 3.8) is 0 Å². The van der Waals surface area contributed by atoms with Gasteiger partial charge in [-0.05, 0) is 38.3 Å². The molecule has 0 heterocycles. The number of aryl methyl sites for hydroxylation is 1. The summed E-state index contributed by atoms with van der Waals surface area (Å²) in [6, 6.07) is 5.03. The first-order valence-electron chi connectivity index (χ1n) is 8.34. The van der Waals surface area contributed by atoms with Crippen LogP contribution in [0.3, 0.4) is 0 Å². The minimum atomic E-state index is -0.935. The number of carbonyl (C=O) groups is 2. The predicted molar refractivity (Wildman–Crippen MR) is 106 cm³/mol. The van der Waals surface area contributed by atoms with Gasteiger partial charge in [0, 0.05) is 17.8 Å². The normalized spacial score (nSPS) is 8.48. The fraction of sp³-hybridized carbons (Fsp3) is 0.400. The van der Waals surface area contributed by atoms with Crippen molar-refractivity contribution in [3.05, 3.63) is 48.1 Å². The average Bonchev–Trinajstić information content (AvgIpc) is 2.60. The number of aromatic hydroxyl groups is 2. The molecule has 0 saturated heterocycles. The first-order valence-corrected chi connectivity index (χ1v) is 8.34. The molecular formula is C20H32O7. The first-order chi connectivity index (χ1) is 12.5. The Balaban J connectivity index is -0.000000311. The molecule has 1 rings (SSSR count). The van der Waals surface area contributed by atoms with Gasteiger partial charge in [0.05, 0.1) is 0 Å². The Labute approximate surface area is 160 Å². The van der Waals surface area contributed by atoms with Crippen molar-refractivity contribution in [1.29, 1.82) is 0 Å². The Hall–Kier alpha value is -2.80. The summed E-state index contributed by atoms with van der Waals surface area (Å²) in [5.41, 5.74) is 1.16. The quantitative estimate of drug-likeness (QED) is 0.385. The summed E-state index contributed by atoms with van der Waals surface area (Å²) in [5.74, 6) is -1.88. The molecule has 0 bridgehead atoms. The molecule has 7 heteroatoms. The summed E-state index contributed by atoms with van der Waals surface area (Å²) in [7, 11) is 0. The number of aliphatic hydroxyl groups is 1. The average molecular weight is 384 g/mol. The van der Waals surface area contributed by atoms with Gasteiger partial charge >= 0.3 is 11.9 Å². The fourth-order valence-electron chi connectivity index (χ4n) is 1.05. The molecule has 0 aliphatic rings. The molecule has 0 aliphatic heterocycles. The minimum Gasteiger partial charge on any atom is -0.504 e. The van der Waals surface area contributed by atoms with Crippen LogP contribution in [0.2, 0.25) is 0 Å². The molecule has 0 saturated carbocycles. The lowest BCUT2D eigenvalue weighted by Gasteiger charge is -2.03. The number of aliphatic hydroxyl groups excluding tert-OH is 1. The van der Waals surface area contributed by atoms with Gasteiger partial charge in [0.1, 0.15) is 0 Å². The van der Waals surface area contributed by atoms with Gasteiger partial charge in [0.2, 0.25) is 0 Å². The van der Waals surface area contributed by atoms with Gasteiger partial charge < -0.3 is 25.5 Å². The van der Waals surface area contributed by atoms with E-state index in [-0.39, 0.29) is 22.6 Å². The number of rotatable bonds is 5. The molecule has 0 amide bonds. The maximum absolute atomic E-state index is 9.60. The van der Waals surface area contributed by atoms with Crippen LogP contribution in [0.1, 0.15) is 46.1 Å². The van der Waals surface area contributed by atoms with Crippen molar-refractivity contribution in [1.82, 2.24) is 0 Å². The van der Waals surface area contributed by atoms with Crippen LogP contribution in [0.25, 0.3) is 0 Å². The maximum atomic E-state index is 9.60. The van der Waals surface area contributed by atoms with Gasteiger partial charge in [-0.1, -0.05) is 45.6 Å². The van der Waals surface area contributed by atoms with E-state index >= 15 is 0 Å². The van der Waals surface area contributed by atoms with Crippen molar-refractivity contribution in [2.75, 3.05) is 6.61 Å². The molecule has 0 radical (unpaired) electrons. The third-order valence-corrected chi connectivity index (χ3v) is 2.57. The number of para-hydroxylation sites is 1. The number of hydrogen-bond donors (Lipinski definition) is 5. The molecule has 7 nitrogen and oxygen atoms in total. The van der Waals surface area contributed by atoms with Crippen LogP contribution < -0.4 is 0 Å². The zero-order valence-corrected chi connectivity index (χ0v) is 16.5. The number of carboxylic acid groups (broad SMARTS) is 2. The highest BCUT2D eigenvalue weighted by atomic mass is 16.4. The number of benzene rings is 1. The molecule has 0 aliphatic carbocycles. The monoisotopic (exact) mass is 384 g/mol. The number of carboxylic acids is 2. The van der Waals surface area contributed by atoms with E-state index in [1.165, 1.54) is 19.9 Å². The Bertz CT molecular complexity index is 542. The summed E-state index contributed by atoms with van der Waals surface area (Å²) in [6.45, 7) is 13.5. The van der Waals surface area contributed by atoms with Gasteiger partial charge in [-0.25, -0.2) is 9.59 Å². The molecule has 1 aromatic rings. The predicted octanol–water partition coefficient (Wildman–Crippen LogP) is 3.73. The molecule has 154 valence electrons. The second-order valence-corrected chi connectivity index (χ2v) is 5.43. The zero-order valence-electron chi connectivity index (χ0n) is 16.5. The molecule has 0 aromatic heterocycles. The highest BCUT2D eigenvalue weighted by Gasteiger charge is 2.03.